The van der Waals surface area contributed by atoms with E-state index in [9.17, 15) is 5.11 Å². The van der Waals surface area contributed by atoms with Crippen molar-refractivity contribution in [1.29, 1.82) is 0 Å². The first-order valence-corrected chi connectivity index (χ1v) is 21.4. The molecule has 0 atom stereocenters. The average molecular weight is 888 g/mol. The molecule has 0 aliphatic heterocycles. The van der Waals surface area contributed by atoms with Crippen LogP contribution in [0.15, 0.2) is 140 Å². The second kappa shape index (κ2) is 14.0. The number of phenolic OH excluding ortho intramolecular Hbond substituents is 1. The van der Waals surface area contributed by atoms with E-state index >= 15 is 0 Å². The standard InChI is InChI=1S/C47H42N3OSi.Pt/c1-47(2,3)35-26-33(41-28-32(23-24-48-41)31-15-8-7-9-16-31)25-34(27-35)42-30-40-38-19-10-12-21-43(38)50(36-17-14-18-37(29-36)52(4,5)6)46(40)45(49-42)39-20-11-13-22-44(39)51;/h7-24,26-30,51H,1-6H3;/q-1;. The Morgan fingerprint density at radius 3 is 2.09 bits per heavy atom. The summed E-state index contributed by atoms with van der Waals surface area (Å²) in [7, 11) is -1.61. The summed E-state index contributed by atoms with van der Waals surface area (Å²) in [6, 6.07) is 50.0. The fourth-order valence-corrected chi connectivity index (χ4v) is 8.21. The number of para-hydroxylation sites is 2. The monoisotopic (exact) mass is 887 g/mol. The van der Waals surface area contributed by atoms with Crippen molar-refractivity contribution < 1.29 is 26.2 Å². The van der Waals surface area contributed by atoms with Gasteiger partial charge in [-0.1, -0.05) is 142 Å². The van der Waals surface area contributed by atoms with Crippen molar-refractivity contribution in [3.05, 3.63) is 151 Å². The van der Waals surface area contributed by atoms with Gasteiger partial charge in [-0.05, 0) is 52.9 Å². The molecule has 1 N–H and O–H groups in total. The van der Waals surface area contributed by atoms with Crippen LogP contribution in [0.3, 0.4) is 0 Å². The van der Waals surface area contributed by atoms with Crippen LogP contribution in [0.2, 0.25) is 19.6 Å². The Bertz CT molecular complexity index is 2620. The third-order valence-corrected chi connectivity index (χ3v) is 12.0. The molecule has 4 nitrogen and oxygen atoms in total. The van der Waals surface area contributed by atoms with E-state index in [0.29, 0.717) is 5.56 Å². The van der Waals surface area contributed by atoms with Gasteiger partial charge in [0.2, 0.25) is 0 Å². The van der Waals surface area contributed by atoms with Crippen molar-refractivity contribution in [2.24, 2.45) is 0 Å². The summed E-state index contributed by atoms with van der Waals surface area (Å²) in [5, 5.41) is 15.0. The maximum absolute atomic E-state index is 11.4. The predicted molar refractivity (Wildman–Crippen MR) is 220 cm³/mol. The number of rotatable bonds is 6. The maximum Gasteiger partial charge on any atom is 0.125 e. The van der Waals surface area contributed by atoms with Crippen LogP contribution in [0.4, 0.5) is 0 Å². The summed E-state index contributed by atoms with van der Waals surface area (Å²) in [6.07, 6.45) is 1.88. The summed E-state index contributed by atoms with van der Waals surface area (Å²) < 4.78 is 2.33. The zero-order valence-electron chi connectivity index (χ0n) is 30.9. The van der Waals surface area contributed by atoms with E-state index in [-0.39, 0.29) is 32.2 Å². The molecule has 0 radical (unpaired) electrons. The Hall–Kier alpha value is -5.09. The van der Waals surface area contributed by atoms with Gasteiger partial charge in [-0.25, -0.2) is 0 Å². The number of hydrogen-bond acceptors (Lipinski definition) is 3. The van der Waals surface area contributed by atoms with E-state index in [1.165, 1.54) is 10.8 Å². The first kappa shape index (κ1) is 36.3. The van der Waals surface area contributed by atoms with Gasteiger partial charge < -0.3 is 9.67 Å². The molecule has 0 bridgehead atoms. The number of fused-ring (bicyclic) bond motifs is 3. The first-order valence-electron chi connectivity index (χ1n) is 17.9. The molecule has 5 aromatic carbocycles. The summed E-state index contributed by atoms with van der Waals surface area (Å²) >= 11 is 0. The van der Waals surface area contributed by atoms with Gasteiger partial charge in [-0.15, -0.1) is 23.8 Å². The fraction of sp³-hybridized carbons (Fsp3) is 0.149. The molecule has 0 aliphatic carbocycles. The van der Waals surface area contributed by atoms with E-state index in [0.717, 1.165) is 66.8 Å². The number of aromatic nitrogens is 3. The van der Waals surface area contributed by atoms with Gasteiger partial charge in [-0.3, -0.25) is 9.97 Å². The molecule has 0 saturated carbocycles. The number of phenols is 1. The molecular formula is C47H42N3OPtSi-. The molecule has 0 unspecified atom stereocenters. The SMILES string of the molecule is CC(C)(C)c1cc(-c2cc(-c3ccccc3)ccn2)[c-]c(-c2cc3c4ccccc4n(-c4cccc([Si](C)(C)C)c4)c3c(-c3ccccc3O)n2)c1.[Pt]. The molecule has 8 aromatic rings. The van der Waals surface area contributed by atoms with E-state index in [1.807, 2.05) is 30.5 Å². The largest absolute Gasteiger partial charge is 0.507 e. The van der Waals surface area contributed by atoms with Gasteiger partial charge in [0.05, 0.1) is 24.8 Å². The molecule has 266 valence electrons. The normalized spacial score (nSPS) is 11.9. The van der Waals surface area contributed by atoms with Crippen molar-refractivity contribution in [2.75, 3.05) is 0 Å². The molecule has 53 heavy (non-hydrogen) atoms. The second-order valence-electron chi connectivity index (χ2n) is 15.7. The molecule has 3 aromatic heterocycles. The quantitative estimate of drug-likeness (QED) is 0.134. The van der Waals surface area contributed by atoms with Crippen LogP contribution in [0, 0.1) is 6.07 Å². The van der Waals surface area contributed by atoms with E-state index in [2.05, 4.69) is 154 Å². The van der Waals surface area contributed by atoms with Crippen molar-refractivity contribution in [1.82, 2.24) is 14.5 Å². The van der Waals surface area contributed by atoms with Crippen molar-refractivity contribution in [2.45, 2.75) is 45.8 Å². The van der Waals surface area contributed by atoms with Crippen molar-refractivity contribution >= 4 is 35.1 Å². The van der Waals surface area contributed by atoms with Crippen LogP contribution >= 0.6 is 0 Å². The Morgan fingerprint density at radius 2 is 1.36 bits per heavy atom. The molecular weight excluding hydrogens is 846 g/mol. The van der Waals surface area contributed by atoms with Gasteiger partial charge in [0.15, 0.2) is 0 Å². The molecule has 0 saturated heterocycles. The smallest absolute Gasteiger partial charge is 0.125 e. The number of hydrogen-bond donors (Lipinski definition) is 1. The van der Waals surface area contributed by atoms with Crippen LogP contribution in [-0.4, -0.2) is 27.7 Å². The second-order valence-corrected chi connectivity index (χ2v) is 20.7. The third-order valence-electron chi connectivity index (χ3n) is 9.94. The van der Waals surface area contributed by atoms with E-state index in [4.69, 9.17) is 9.97 Å². The van der Waals surface area contributed by atoms with Gasteiger partial charge in [0, 0.05) is 60.7 Å². The molecule has 0 amide bonds. The number of pyridine rings is 2. The van der Waals surface area contributed by atoms with E-state index in [1.54, 1.807) is 6.07 Å². The third kappa shape index (κ3) is 6.92. The van der Waals surface area contributed by atoms with Crippen LogP contribution in [0.1, 0.15) is 26.3 Å². The first-order chi connectivity index (χ1) is 25.0. The predicted octanol–water partition coefficient (Wildman–Crippen LogP) is 11.6. The number of nitrogens with zero attached hydrogens (tertiary/aromatic N) is 3. The van der Waals surface area contributed by atoms with Gasteiger partial charge in [-0.2, -0.15) is 0 Å². The van der Waals surface area contributed by atoms with Crippen LogP contribution in [-0.2, 0) is 26.5 Å². The molecule has 8 rings (SSSR count). The Morgan fingerprint density at radius 1 is 0.660 bits per heavy atom. The minimum absolute atomic E-state index is 0. The molecule has 6 heteroatoms. The minimum atomic E-state index is -1.61. The number of aromatic hydroxyl groups is 1. The fourth-order valence-electron chi connectivity index (χ4n) is 7.03. The van der Waals surface area contributed by atoms with Crippen LogP contribution in [0.25, 0.3) is 72.4 Å². The zero-order valence-corrected chi connectivity index (χ0v) is 34.2. The van der Waals surface area contributed by atoms with Gasteiger partial charge in [0.25, 0.3) is 0 Å². The van der Waals surface area contributed by atoms with Gasteiger partial charge >= 0.3 is 0 Å². The maximum atomic E-state index is 11.4. The molecule has 0 spiro atoms. The Labute approximate surface area is 327 Å². The van der Waals surface area contributed by atoms with Crippen LogP contribution < -0.4 is 5.19 Å². The Balaban J connectivity index is 0.00000435. The zero-order chi connectivity index (χ0) is 36.2. The molecule has 3 heterocycles. The van der Waals surface area contributed by atoms with Crippen LogP contribution in [0.5, 0.6) is 5.75 Å². The van der Waals surface area contributed by atoms with Gasteiger partial charge in [0.1, 0.15) is 5.75 Å². The molecule has 0 aliphatic rings. The summed E-state index contributed by atoms with van der Waals surface area (Å²) in [4.78, 5) is 10.3. The summed E-state index contributed by atoms with van der Waals surface area (Å²) in [6.45, 7) is 13.8. The van der Waals surface area contributed by atoms with E-state index < -0.39 is 8.07 Å². The summed E-state index contributed by atoms with van der Waals surface area (Å²) in [5.41, 5.74) is 11.3. The topological polar surface area (TPSA) is 50.9 Å². The Kier molecular flexibility index (Phi) is 9.61. The van der Waals surface area contributed by atoms with Crippen molar-refractivity contribution in [3.63, 3.8) is 0 Å². The minimum Gasteiger partial charge on any atom is -0.507 e. The van der Waals surface area contributed by atoms with Crippen molar-refractivity contribution in [3.8, 4) is 56.3 Å². The molecule has 0 fully saturated rings. The number of benzene rings is 5. The average Bonchev–Trinajstić information content (AvgIpc) is 3.49. The summed E-state index contributed by atoms with van der Waals surface area (Å²) in [5.74, 6) is 0.191.